The van der Waals surface area contributed by atoms with Crippen LogP contribution in [0.15, 0.2) is 45.0 Å². The average molecular weight is 521 g/mol. The van der Waals surface area contributed by atoms with Gasteiger partial charge in [0.1, 0.15) is 11.7 Å². The zero-order valence-corrected chi connectivity index (χ0v) is 19.1. The van der Waals surface area contributed by atoms with Gasteiger partial charge in [-0.25, -0.2) is 32.3 Å². The number of anilines is 2. The largest absolute Gasteiger partial charge is 0.386 e. The molecule has 4 aromatic rings. The first-order valence-corrected chi connectivity index (χ1v) is 10.5. The Morgan fingerprint density at radius 3 is 2.58 bits per heavy atom. The van der Waals surface area contributed by atoms with Gasteiger partial charge in [-0.05, 0) is 18.2 Å². The minimum absolute atomic E-state index is 0.121. The quantitative estimate of drug-likeness (QED) is 0.163. The van der Waals surface area contributed by atoms with E-state index in [1.165, 1.54) is 6.07 Å². The van der Waals surface area contributed by atoms with E-state index >= 15 is 0 Å². The van der Waals surface area contributed by atoms with E-state index < -0.39 is 47.5 Å². The summed E-state index contributed by atoms with van der Waals surface area (Å²) in [6.45, 7) is -1.26. The van der Waals surface area contributed by atoms with Crippen molar-refractivity contribution in [1.82, 2.24) is 23.9 Å². The van der Waals surface area contributed by atoms with Crippen LogP contribution in [0.2, 0.25) is 5.02 Å². The predicted octanol–water partition coefficient (Wildman–Crippen LogP) is 1.67. The molecule has 3 N–H and O–H groups in total. The zero-order chi connectivity index (χ0) is 26.1. The van der Waals surface area contributed by atoms with Crippen molar-refractivity contribution in [3.8, 4) is 0 Å². The average Bonchev–Trinajstić information content (AvgIpc) is 3.16. The summed E-state index contributed by atoms with van der Waals surface area (Å²) >= 11 is 6.33. The number of benzene rings is 2. The number of carbonyl (C=O) groups excluding carboxylic acids is 1. The van der Waals surface area contributed by atoms with Gasteiger partial charge in [0.25, 0.3) is 0 Å². The van der Waals surface area contributed by atoms with Gasteiger partial charge in [-0.1, -0.05) is 11.6 Å². The molecule has 0 aliphatic rings. The van der Waals surface area contributed by atoms with Crippen LogP contribution in [0.1, 0.15) is 5.56 Å². The molecular weight excluding hydrogens is 505 g/mol. The number of amidine groups is 1. The first-order chi connectivity index (χ1) is 17.1. The second-order valence-electron chi connectivity index (χ2n) is 7.58. The molecule has 11 nitrogen and oxygen atoms in total. The van der Waals surface area contributed by atoms with Crippen LogP contribution in [0.3, 0.4) is 0 Å². The van der Waals surface area contributed by atoms with E-state index in [9.17, 15) is 27.6 Å². The predicted molar refractivity (Wildman–Crippen MR) is 125 cm³/mol. The highest BCUT2D eigenvalue weighted by Gasteiger charge is 2.19. The molecule has 1 amide bonds. The third-order valence-electron chi connectivity index (χ3n) is 5.06. The van der Waals surface area contributed by atoms with Crippen LogP contribution in [-0.2, 0) is 24.9 Å². The van der Waals surface area contributed by atoms with Crippen molar-refractivity contribution in [3.63, 3.8) is 0 Å². The van der Waals surface area contributed by atoms with E-state index in [0.29, 0.717) is 27.6 Å². The summed E-state index contributed by atoms with van der Waals surface area (Å²) in [7, 11) is 1.70. The SMILES string of the molecule is Cn1cc2cc(Nc3nc(=O)n(CC(N)=NC=O)c(=O)n3Cc3cc(F)c(F)cc3F)c(Cl)cc2n1. The summed E-state index contributed by atoms with van der Waals surface area (Å²) in [5, 5.41) is 7.81. The minimum atomic E-state index is -1.42. The fourth-order valence-electron chi connectivity index (χ4n) is 3.41. The van der Waals surface area contributed by atoms with Crippen molar-refractivity contribution < 1.29 is 18.0 Å². The molecule has 0 bridgehead atoms. The molecule has 0 saturated heterocycles. The lowest BCUT2D eigenvalue weighted by Gasteiger charge is -2.16. The lowest BCUT2D eigenvalue weighted by atomic mass is 10.2. The number of nitrogens with one attached hydrogen (secondary N) is 1. The summed E-state index contributed by atoms with van der Waals surface area (Å²) in [6, 6.07) is 4.02. The summed E-state index contributed by atoms with van der Waals surface area (Å²) in [5.74, 6) is -4.65. The zero-order valence-electron chi connectivity index (χ0n) is 18.4. The number of rotatable bonds is 7. The van der Waals surface area contributed by atoms with Gasteiger partial charge >= 0.3 is 11.4 Å². The Bertz CT molecular complexity index is 1660. The number of aromatic nitrogens is 5. The lowest BCUT2D eigenvalue weighted by molar-refractivity contribution is -0.106. The molecule has 2 heterocycles. The fraction of sp³-hybridized carbons (Fsp3) is 0.143. The van der Waals surface area contributed by atoms with Gasteiger partial charge < -0.3 is 11.1 Å². The van der Waals surface area contributed by atoms with Crippen LogP contribution in [0.5, 0.6) is 0 Å². The number of nitrogens with two attached hydrogens (primary N) is 1. The van der Waals surface area contributed by atoms with E-state index in [1.807, 2.05) is 0 Å². The van der Waals surface area contributed by atoms with Crippen LogP contribution in [0, 0.1) is 17.5 Å². The smallest absolute Gasteiger partial charge is 0.355 e. The minimum Gasteiger partial charge on any atom is -0.386 e. The van der Waals surface area contributed by atoms with Gasteiger partial charge in [0, 0.05) is 30.3 Å². The van der Waals surface area contributed by atoms with Crippen LogP contribution >= 0.6 is 11.6 Å². The Morgan fingerprint density at radius 2 is 1.86 bits per heavy atom. The highest BCUT2D eigenvalue weighted by atomic mass is 35.5. The maximum absolute atomic E-state index is 14.4. The van der Waals surface area contributed by atoms with Crippen molar-refractivity contribution in [3.05, 3.63) is 79.5 Å². The van der Waals surface area contributed by atoms with Crippen LogP contribution in [0.25, 0.3) is 10.9 Å². The summed E-state index contributed by atoms with van der Waals surface area (Å²) < 4.78 is 44.5. The van der Waals surface area contributed by atoms with Gasteiger partial charge in [-0.3, -0.25) is 14.0 Å². The van der Waals surface area contributed by atoms with E-state index in [-0.39, 0.29) is 28.9 Å². The molecule has 15 heteroatoms. The molecule has 0 atom stereocenters. The molecule has 0 fully saturated rings. The number of aryl methyl sites for hydroxylation is 1. The number of aliphatic imine (C=N–C) groups is 1. The Kier molecular flexibility index (Phi) is 6.61. The van der Waals surface area contributed by atoms with Crippen LogP contribution < -0.4 is 22.4 Å². The highest BCUT2D eigenvalue weighted by Crippen LogP contribution is 2.29. The Balaban J connectivity index is 1.87. The lowest BCUT2D eigenvalue weighted by Crippen LogP contribution is -2.45. The second kappa shape index (κ2) is 9.65. The molecule has 0 aliphatic carbocycles. The van der Waals surface area contributed by atoms with Gasteiger partial charge in [0.15, 0.2) is 11.6 Å². The number of halogens is 4. The molecule has 0 aliphatic heterocycles. The van der Waals surface area contributed by atoms with Crippen molar-refractivity contribution in [2.24, 2.45) is 17.8 Å². The summed E-state index contributed by atoms with van der Waals surface area (Å²) in [4.78, 5) is 43.5. The third-order valence-corrected chi connectivity index (χ3v) is 5.37. The second-order valence-corrected chi connectivity index (χ2v) is 7.98. The monoisotopic (exact) mass is 520 g/mol. The van der Waals surface area contributed by atoms with Crippen LogP contribution in [0.4, 0.5) is 24.8 Å². The number of fused-ring (bicyclic) bond motifs is 1. The summed E-state index contributed by atoms with van der Waals surface area (Å²) in [5.41, 5.74) is 3.80. The fourth-order valence-corrected chi connectivity index (χ4v) is 3.62. The third kappa shape index (κ3) is 4.84. The molecule has 0 spiro atoms. The van der Waals surface area contributed by atoms with Gasteiger partial charge in [-0.2, -0.15) is 10.1 Å². The molecule has 0 radical (unpaired) electrons. The Hall–Kier alpha value is -4.46. The number of amides is 1. The molecule has 2 aromatic carbocycles. The Labute approximate surface area is 204 Å². The normalized spacial score (nSPS) is 11.8. The molecule has 0 saturated carbocycles. The van der Waals surface area contributed by atoms with Gasteiger partial charge in [0.05, 0.1) is 29.3 Å². The maximum atomic E-state index is 14.4. The maximum Gasteiger partial charge on any atom is 0.355 e. The van der Waals surface area contributed by atoms with E-state index in [2.05, 4.69) is 20.4 Å². The topological polar surface area (TPSA) is 142 Å². The first kappa shape index (κ1) is 24.7. The number of hydrogen-bond acceptors (Lipinski definition) is 6. The Morgan fingerprint density at radius 1 is 1.14 bits per heavy atom. The van der Waals surface area contributed by atoms with Crippen molar-refractivity contribution >= 4 is 46.4 Å². The van der Waals surface area contributed by atoms with E-state index in [0.717, 1.165) is 4.57 Å². The highest BCUT2D eigenvalue weighted by molar-refractivity contribution is 6.34. The molecular formula is C21H16ClF3N8O3. The molecule has 36 heavy (non-hydrogen) atoms. The molecule has 0 unspecified atom stereocenters. The van der Waals surface area contributed by atoms with Crippen molar-refractivity contribution in [2.75, 3.05) is 5.32 Å². The van der Waals surface area contributed by atoms with Crippen molar-refractivity contribution in [2.45, 2.75) is 13.1 Å². The molecule has 4 rings (SSSR count). The molecule has 2 aromatic heterocycles. The van der Waals surface area contributed by atoms with Gasteiger partial charge in [0.2, 0.25) is 12.4 Å². The number of carbonyl (C=O) groups is 1. The number of hydrogen-bond donors (Lipinski definition) is 2. The van der Waals surface area contributed by atoms with E-state index in [1.54, 1.807) is 24.0 Å². The number of nitrogens with zero attached hydrogens (tertiary/aromatic N) is 6. The standard InChI is InChI=1S/C21H16ClF3N8O3/c1-31-6-11-3-17(12(22)4-16(11)30-31)28-19-29-20(35)33(8-18(26)27-9-34)21(36)32(19)7-10-2-14(24)15(25)5-13(10)23/h2-6,9H,7-8H2,1H3,(H2,26,27,34)(H,28,29,35). The first-order valence-electron chi connectivity index (χ1n) is 10.1. The van der Waals surface area contributed by atoms with Crippen molar-refractivity contribution in [1.29, 1.82) is 0 Å². The van der Waals surface area contributed by atoms with Crippen LogP contribution in [-0.4, -0.2) is 36.1 Å². The van der Waals surface area contributed by atoms with E-state index in [4.69, 9.17) is 17.3 Å². The molecule has 186 valence electrons. The van der Waals surface area contributed by atoms with Gasteiger partial charge in [-0.15, -0.1) is 0 Å². The summed E-state index contributed by atoms with van der Waals surface area (Å²) in [6.07, 6.45) is 1.82.